The highest BCUT2D eigenvalue weighted by atomic mass is 16.6. The summed E-state index contributed by atoms with van der Waals surface area (Å²) in [7, 11) is 0. The zero-order valence-corrected chi connectivity index (χ0v) is 11.6. The number of hydrogen-bond acceptors (Lipinski definition) is 5. The molecule has 0 atom stereocenters. The Hall–Kier alpha value is -1.66. The van der Waals surface area contributed by atoms with Crippen molar-refractivity contribution >= 4 is 11.4 Å². The van der Waals surface area contributed by atoms with Crippen LogP contribution in [0.4, 0.5) is 11.4 Å². The maximum absolute atomic E-state index is 10.8. The number of hydrogen-bond donors (Lipinski definition) is 2. The van der Waals surface area contributed by atoms with E-state index in [2.05, 4.69) is 0 Å². The number of anilines is 1. The number of aliphatic hydroxyl groups is 1. The van der Waals surface area contributed by atoms with E-state index in [1.165, 1.54) is 6.07 Å². The van der Waals surface area contributed by atoms with E-state index < -0.39 is 10.5 Å². The molecule has 0 amide bonds. The molecular formula is C13H21N3O3. The lowest BCUT2D eigenvalue weighted by Gasteiger charge is -2.27. The van der Waals surface area contributed by atoms with Crippen LogP contribution >= 0.6 is 0 Å². The molecule has 19 heavy (non-hydrogen) atoms. The Morgan fingerprint density at radius 3 is 2.58 bits per heavy atom. The van der Waals surface area contributed by atoms with Crippen LogP contribution in [0.5, 0.6) is 0 Å². The average Bonchev–Trinajstić information content (AvgIpc) is 2.28. The third-order valence-corrected chi connectivity index (χ3v) is 2.76. The van der Waals surface area contributed by atoms with E-state index in [4.69, 9.17) is 5.73 Å². The molecule has 6 nitrogen and oxygen atoms in total. The summed E-state index contributed by atoms with van der Waals surface area (Å²) < 4.78 is 0. The van der Waals surface area contributed by atoms with Gasteiger partial charge in [-0.2, -0.15) is 0 Å². The largest absolute Gasteiger partial charge is 0.393 e. The van der Waals surface area contributed by atoms with Crippen molar-refractivity contribution in [1.29, 1.82) is 0 Å². The van der Waals surface area contributed by atoms with Gasteiger partial charge in [0.1, 0.15) is 5.69 Å². The van der Waals surface area contributed by atoms with E-state index in [9.17, 15) is 15.2 Å². The average molecular weight is 267 g/mol. The van der Waals surface area contributed by atoms with Crippen molar-refractivity contribution in [3.63, 3.8) is 0 Å². The number of nitrogens with two attached hydrogens (primary N) is 1. The lowest BCUT2D eigenvalue weighted by atomic mass is 10.1. The van der Waals surface area contributed by atoms with E-state index in [1.807, 2.05) is 11.8 Å². The third-order valence-electron chi connectivity index (χ3n) is 2.76. The molecule has 106 valence electrons. The molecule has 0 radical (unpaired) electrons. The summed E-state index contributed by atoms with van der Waals surface area (Å²) in [6, 6.07) is 4.81. The molecule has 1 aromatic rings. The summed E-state index contributed by atoms with van der Waals surface area (Å²) in [6.07, 6.45) is 0. The van der Waals surface area contributed by atoms with Gasteiger partial charge >= 0.3 is 0 Å². The molecule has 0 aliphatic heterocycles. The van der Waals surface area contributed by atoms with E-state index in [-0.39, 0.29) is 11.4 Å². The minimum absolute atomic E-state index is 0.0724. The maximum Gasteiger partial charge on any atom is 0.292 e. The van der Waals surface area contributed by atoms with Crippen LogP contribution in [0.25, 0.3) is 0 Å². The van der Waals surface area contributed by atoms with Gasteiger partial charge in [-0.1, -0.05) is 13.0 Å². The van der Waals surface area contributed by atoms with Crippen LogP contribution in [0.2, 0.25) is 0 Å². The van der Waals surface area contributed by atoms with E-state index in [1.54, 1.807) is 26.0 Å². The lowest BCUT2D eigenvalue weighted by molar-refractivity contribution is -0.384. The number of benzene rings is 1. The molecular weight excluding hydrogens is 246 g/mol. The zero-order valence-electron chi connectivity index (χ0n) is 11.6. The maximum atomic E-state index is 10.8. The molecule has 0 saturated heterocycles. The predicted octanol–water partition coefficient (Wildman–Crippen LogP) is 1.77. The first-order valence-electron chi connectivity index (χ1n) is 6.20. The van der Waals surface area contributed by atoms with Gasteiger partial charge in [0, 0.05) is 19.2 Å². The Morgan fingerprint density at radius 2 is 2.11 bits per heavy atom. The van der Waals surface area contributed by atoms with Crippen LogP contribution in [0.1, 0.15) is 26.3 Å². The van der Waals surface area contributed by atoms with Gasteiger partial charge in [0.2, 0.25) is 0 Å². The van der Waals surface area contributed by atoms with Gasteiger partial charge < -0.3 is 10.8 Å². The Balaban J connectivity index is 2.86. The molecule has 3 N–H and O–H groups in total. The van der Waals surface area contributed by atoms with Crippen molar-refractivity contribution in [2.45, 2.75) is 32.9 Å². The highest BCUT2D eigenvalue weighted by Gasteiger charge is 2.18. The van der Waals surface area contributed by atoms with Crippen molar-refractivity contribution in [1.82, 2.24) is 4.90 Å². The van der Waals surface area contributed by atoms with Crippen molar-refractivity contribution in [3.05, 3.63) is 33.9 Å². The molecule has 0 aromatic heterocycles. The second-order valence-corrected chi connectivity index (χ2v) is 5.27. The van der Waals surface area contributed by atoms with Gasteiger partial charge in [0.05, 0.1) is 10.5 Å². The van der Waals surface area contributed by atoms with Gasteiger partial charge in [-0.25, -0.2) is 0 Å². The smallest absolute Gasteiger partial charge is 0.292 e. The fourth-order valence-corrected chi connectivity index (χ4v) is 1.93. The number of rotatable bonds is 6. The Labute approximate surface area is 113 Å². The van der Waals surface area contributed by atoms with Crippen molar-refractivity contribution in [2.75, 3.05) is 18.8 Å². The summed E-state index contributed by atoms with van der Waals surface area (Å²) in [5, 5.41) is 20.6. The Kier molecular flexibility index (Phi) is 4.85. The molecule has 0 saturated carbocycles. The highest BCUT2D eigenvalue weighted by molar-refractivity contribution is 5.59. The van der Waals surface area contributed by atoms with E-state index >= 15 is 0 Å². The molecule has 0 fully saturated rings. The van der Waals surface area contributed by atoms with Gasteiger partial charge in [0.15, 0.2) is 0 Å². The van der Waals surface area contributed by atoms with E-state index in [0.717, 1.165) is 12.1 Å². The minimum Gasteiger partial charge on any atom is -0.393 e. The second-order valence-electron chi connectivity index (χ2n) is 5.27. The Morgan fingerprint density at radius 1 is 1.47 bits per heavy atom. The molecule has 0 spiro atoms. The SMILES string of the molecule is CCN(Cc1ccc(N)c([N+](=O)[O-])c1)CC(C)(C)O. The van der Waals surface area contributed by atoms with Crippen LogP contribution in [0, 0.1) is 10.1 Å². The normalized spacial score (nSPS) is 11.8. The summed E-state index contributed by atoms with van der Waals surface area (Å²) in [6.45, 7) is 7.26. The molecule has 6 heteroatoms. The van der Waals surface area contributed by atoms with Crippen molar-refractivity contribution < 1.29 is 10.0 Å². The Bertz CT molecular complexity index is 455. The van der Waals surface area contributed by atoms with Gasteiger partial charge in [-0.15, -0.1) is 0 Å². The molecule has 0 aliphatic rings. The first-order chi connectivity index (χ1) is 8.73. The number of likely N-dealkylation sites (N-methyl/N-ethyl adjacent to an activating group) is 1. The number of nitrogens with zero attached hydrogens (tertiary/aromatic N) is 2. The monoisotopic (exact) mass is 267 g/mol. The molecule has 1 rings (SSSR count). The van der Waals surface area contributed by atoms with Crippen LogP contribution in [-0.2, 0) is 6.54 Å². The minimum atomic E-state index is -0.796. The summed E-state index contributed by atoms with van der Waals surface area (Å²) in [4.78, 5) is 12.4. The van der Waals surface area contributed by atoms with Crippen LogP contribution in [-0.4, -0.2) is 33.6 Å². The molecule has 0 heterocycles. The topological polar surface area (TPSA) is 92.6 Å². The fourth-order valence-electron chi connectivity index (χ4n) is 1.93. The quantitative estimate of drug-likeness (QED) is 0.465. The first kappa shape index (κ1) is 15.4. The molecule has 0 aliphatic carbocycles. The number of nitro groups is 1. The van der Waals surface area contributed by atoms with Crippen LogP contribution in [0.15, 0.2) is 18.2 Å². The summed E-state index contributed by atoms with van der Waals surface area (Å²) in [5.74, 6) is 0. The first-order valence-corrected chi connectivity index (χ1v) is 6.20. The van der Waals surface area contributed by atoms with Gasteiger partial charge in [-0.05, 0) is 32.0 Å². The van der Waals surface area contributed by atoms with Crippen LogP contribution in [0.3, 0.4) is 0 Å². The second kappa shape index (κ2) is 5.99. The highest BCUT2D eigenvalue weighted by Crippen LogP contribution is 2.23. The number of nitro benzene ring substituents is 1. The number of nitrogen functional groups attached to an aromatic ring is 1. The summed E-state index contributed by atoms with van der Waals surface area (Å²) >= 11 is 0. The lowest BCUT2D eigenvalue weighted by Crippen LogP contribution is -2.38. The predicted molar refractivity (Wildman–Crippen MR) is 74.8 cm³/mol. The third kappa shape index (κ3) is 4.84. The zero-order chi connectivity index (χ0) is 14.6. The molecule has 0 unspecified atom stereocenters. The standard InChI is InChI=1S/C13H21N3O3/c1-4-15(9-13(2,3)17)8-10-5-6-11(14)12(7-10)16(18)19/h5-7,17H,4,8-9,14H2,1-3H3. The summed E-state index contributed by atoms with van der Waals surface area (Å²) in [5.41, 5.74) is 5.67. The molecule has 1 aromatic carbocycles. The van der Waals surface area contributed by atoms with Gasteiger partial charge in [0.25, 0.3) is 5.69 Å². The van der Waals surface area contributed by atoms with Gasteiger partial charge in [-0.3, -0.25) is 15.0 Å². The fraction of sp³-hybridized carbons (Fsp3) is 0.538. The van der Waals surface area contributed by atoms with E-state index in [0.29, 0.717) is 13.1 Å². The van der Waals surface area contributed by atoms with Crippen LogP contribution < -0.4 is 5.73 Å². The van der Waals surface area contributed by atoms with Crippen molar-refractivity contribution in [2.24, 2.45) is 0 Å². The molecule has 0 bridgehead atoms. The van der Waals surface area contributed by atoms with Crippen molar-refractivity contribution in [3.8, 4) is 0 Å².